The Morgan fingerprint density at radius 2 is 2.24 bits per heavy atom. The van der Waals surface area contributed by atoms with Crippen molar-refractivity contribution in [1.29, 1.82) is 0 Å². The number of nitrogens with zero attached hydrogens (tertiary/aromatic N) is 3. The lowest BCUT2D eigenvalue weighted by Gasteiger charge is -2.47. The molecule has 2 fully saturated rings. The summed E-state index contributed by atoms with van der Waals surface area (Å²) < 4.78 is 0. The highest BCUT2D eigenvalue weighted by Crippen LogP contribution is 2.41. The van der Waals surface area contributed by atoms with Crippen LogP contribution >= 0.6 is 11.3 Å². The Bertz CT molecular complexity index is 673. The second-order valence-corrected chi connectivity index (χ2v) is 7.18. The second kappa shape index (κ2) is 4.81. The fourth-order valence-corrected chi connectivity index (χ4v) is 4.63. The van der Waals surface area contributed by atoms with Crippen molar-refractivity contribution >= 4 is 33.3 Å². The number of nitrogen functional groups attached to an aromatic ring is 1. The zero-order valence-corrected chi connectivity index (χ0v) is 12.8. The van der Waals surface area contributed by atoms with Gasteiger partial charge in [-0.2, -0.15) is 4.98 Å². The number of aliphatic hydroxyl groups is 1. The maximum atomic E-state index is 10.8. The molecule has 2 aromatic heterocycles. The average Bonchev–Trinajstić information content (AvgIpc) is 2.93. The Hall–Kier alpha value is -1.40. The fraction of sp³-hybridized carbons (Fsp3) is 0.600. The zero-order chi connectivity index (χ0) is 14.4. The Morgan fingerprint density at radius 3 is 3.14 bits per heavy atom. The molecule has 5 nitrogen and oxygen atoms in total. The van der Waals surface area contributed by atoms with E-state index in [4.69, 9.17) is 5.73 Å². The molecule has 1 saturated carbocycles. The van der Waals surface area contributed by atoms with E-state index < -0.39 is 5.60 Å². The van der Waals surface area contributed by atoms with E-state index in [0.717, 1.165) is 54.8 Å². The van der Waals surface area contributed by atoms with E-state index >= 15 is 0 Å². The zero-order valence-electron chi connectivity index (χ0n) is 12.0. The largest absolute Gasteiger partial charge is 0.389 e. The van der Waals surface area contributed by atoms with Gasteiger partial charge in [0.2, 0.25) is 5.95 Å². The molecule has 2 aliphatic rings. The number of piperidine rings is 1. The highest BCUT2D eigenvalue weighted by atomic mass is 32.1. The molecule has 1 saturated heterocycles. The molecule has 3 N–H and O–H groups in total. The van der Waals surface area contributed by atoms with E-state index in [1.807, 2.05) is 5.38 Å². The predicted octanol–water partition coefficient (Wildman–Crippen LogP) is 2.40. The first-order chi connectivity index (χ1) is 10.2. The molecule has 6 heteroatoms. The van der Waals surface area contributed by atoms with Crippen molar-refractivity contribution in [2.24, 2.45) is 5.92 Å². The van der Waals surface area contributed by atoms with Gasteiger partial charge in [-0.1, -0.05) is 12.8 Å². The van der Waals surface area contributed by atoms with Gasteiger partial charge in [0.1, 0.15) is 10.6 Å². The Morgan fingerprint density at radius 1 is 1.33 bits per heavy atom. The molecule has 0 radical (unpaired) electrons. The summed E-state index contributed by atoms with van der Waals surface area (Å²) in [5, 5.41) is 13.9. The third-order valence-corrected chi connectivity index (χ3v) is 5.86. The summed E-state index contributed by atoms with van der Waals surface area (Å²) in [5.74, 6) is 1.63. The summed E-state index contributed by atoms with van der Waals surface area (Å²) in [4.78, 5) is 12.0. The molecule has 1 aliphatic carbocycles. The number of fused-ring (bicyclic) bond motifs is 2. The van der Waals surface area contributed by atoms with Crippen molar-refractivity contribution in [1.82, 2.24) is 9.97 Å². The van der Waals surface area contributed by atoms with E-state index in [1.54, 1.807) is 11.3 Å². The summed E-state index contributed by atoms with van der Waals surface area (Å²) in [6.45, 7) is 1.71. The molecule has 2 aromatic rings. The maximum absolute atomic E-state index is 10.8. The molecular weight excluding hydrogens is 284 g/mol. The van der Waals surface area contributed by atoms with E-state index in [-0.39, 0.29) is 0 Å². The number of thiophene rings is 1. The van der Waals surface area contributed by atoms with Gasteiger partial charge in [0.25, 0.3) is 0 Å². The Labute approximate surface area is 127 Å². The van der Waals surface area contributed by atoms with Crippen LogP contribution in [0.15, 0.2) is 11.4 Å². The Kier molecular flexibility index (Phi) is 3.04. The van der Waals surface area contributed by atoms with Crippen LogP contribution in [0.2, 0.25) is 0 Å². The van der Waals surface area contributed by atoms with Gasteiger partial charge in [0.05, 0.1) is 11.0 Å². The van der Waals surface area contributed by atoms with Gasteiger partial charge in [-0.25, -0.2) is 4.98 Å². The topological polar surface area (TPSA) is 75.3 Å². The first kappa shape index (κ1) is 13.3. The quantitative estimate of drug-likeness (QED) is 0.846. The van der Waals surface area contributed by atoms with Gasteiger partial charge < -0.3 is 15.7 Å². The SMILES string of the molecule is Nc1nc(N2CCC3(O)CCCCC3C2)c2ccsc2n1. The molecule has 2 unspecified atom stereocenters. The van der Waals surface area contributed by atoms with E-state index in [1.165, 1.54) is 6.42 Å². The van der Waals surface area contributed by atoms with Crippen LogP contribution in [0.3, 0.4) is 0 Å². The molecule has 0 aromatic carbocycles. The van der Waals surface area contributed by atoms with E-state index in [9.17, 15) is 5.11 Å². The Balaban J connectivity index is 1.68. The van der Waals surface area contributed by atoms with E-state index in [0.29, 0.717) is 11.9 Å². The molecule has 2 atom stereocenters. The third-order valence-electron chi connectivity index (χ3n) is 5.05. The summed E-state index contributed by atoms with van der Waals surface area (Å²) in [6, 6.07) is 2.07. The van der Waals surface area contributed by atoms with Crippen LogP contribution < -0.4 is 10.6 Å². The summed E-state index contributed by atoms with van der Waals surface area (Å²) in [5.41, 5.74) is 5.40. The van der Waals surface area contributed by atoms with Crippen LogP contribution in [-0.2, 0) is 0 Å². The maximum Gasteiger partial charge on any atom is 0.223 e. The highest BCUT2D eigenvalue weighted by molar-refractivity contribution is 7.16. The number of rotatable bonds is 1. The van der Waals surface area contributed by atoms with Crippen molar-refractivity contribution in [2.45, 2.75) is 37.7 Å². The van der Waals surface area contributed by atoms with Gasteiger partial charge in [-0.15, -0.1) is 11.3 Å². The first-order valence-electron chi connectivity index (χ1n) is 7.64. The first-order valence-corrected chi connectivity index (χ1v) is 8.52. The number of nitrogens with two attached hydrogens (primary N) is 1. The molecule has 0 amide bonds. The van der Waals surface area contributed by atoms with Crippen molar-refractivity contribution in [2.75, 3.05) is 23.7 Å². The molecule has 21 heavy (non-hydrogen) atoms. The molecule has 0 spiro atoms. The van der Waals surface area contributed by atoms with Crippen LogP contribution in [0.5, 0.6) is 0 Å². The standard InChI is InChI=1S/C15H20N4OS/c16-14-17-12(11-4-8-21-13(11)18-14)19-7-6-15(20)5-2-1-3-10(15)9-19/h4,8,10,20H,1-3,5-7,9H2,(H2,16,17,18). The average molecular weight is 304 g/mol. The molecule has 3 heterocycles. The molecular formula is C15H20N4OS. The summed E-state index contributed by atoms with van der Waals surface area (Å²) >= 11 is 1.59. The van der Waals surface area contributed by atoms with Gasteiger partial charge >= 0.3 is 0 Å². The van der Waals surface area contributed by atoms with Crippen LogP contribution in [-0.4, -0.2) is 33.8 Å². The fourth-order valence-electron chi connectivity index (χ4n) is 3.86. The number of aromatic nitrogens is 2. The van der Waals surface area contributed by atoms with Crippen LogP contribution in [0.25, 0.3) is 10.2 Å². The minimum absolute atomic E-state index is 0.337. The second-order valence-electron chi connectivity index (χ2n) is 6.29. The number of hydrogen-bond donors (Lipinski definition) is 2. The molecule has 112 valence electrons. The lowest BCUT2D eigenvalue weighted by molar-refractivity contribution is -0.0613. The van der Waals surface area contributed by atoms with Gasteiger partial charge in [-0.05, 0) is 30.7 Å². The number of hydrogen-bond acceptors (Lipinski definition) is 6. The van der Waals surface area contributed by atoms with Crippen LogP contribution in [0.4, 0.5) is 11.8 Å². The van der Waals surface area contributed by atoms with Gasteiger partial charge in [0.15, 0.2) is 0 Å². The third kappa shape index (κ3) is 2.17. The lowest BCUT2D eigenvalue weighted by atomic mass is 9.71. The molecule has 4 rings (SSSR count). The molecule has 1 aliphatic heterocycles. The van der Waals surface area contributed by atoms with Crippen molar-refractivity contribution in [3.63, 3.8) is 0 Å². The normalized spacial score (nSPS) is 29.6. The summed E-state index contributed by atoms with van der Waals surface area (Å²) in [6.07, 6.45) is 5.27. The van der Waals surface area contributed by atoms with Crippen molar-refractivity contribution in [3.05, 3.63) is 11.4 Å². The monoisotopic (exact) mass is 304 g/mol. The smallest absolute Gasteiger partial charge is 0.223 e. The van der Waals surface area contributed by atoms with Crippen molar-refractivity contribution in [3.8, 4) is 0 Å². The highest BCUT2D eigenvalue weighted by Gasteiger charge is 2.43. The van der Waals surface area contributed by atoms with Crippen molar-refractivity contribution < 1.29 is 5.11 Å². The van der Waals surface area contributed by atoms with Gasteiger partial charge in [-0.3, -0.25) is 0 Å². The minimum Gasteiger partial charge on any atom is -0.389 e. The predicted molar refractivity (Wildman–Crippen MR) is 85.6 cm³/mol. The number of anilines is 2. The van der Waals surface area contributed by atoms with Crippen LogP contribution in [0.1, 0.15) is 32.1 Å². The lowest BCUT2D eigenvalue weighted by Crippen LogP contribution is -2.53. The molecule has 0 bridgehead atoms. The van der Waals surface area contributed by atoms with E-state index in [2.05, 4.69) is 20.9 Å². The van der Waals surface area contributed by atoms with Crippen LogP contribution in [0, 0.1) is 5.92 Å². The summed E-state index contributed by atoms with van der Waals surface area (Å²) in [7, 11) is 0. The minimum atomic E-state index is -0.457. The van der Waals surface area contributed by atoms with Gasteiger partial charge in [0, 0.05) is 19.0 Å².